The first-order chi connectivity index (χ1) is 12.9. The average Bonchev–Trinajstić information content (AvgIpc) is 2.65. The first-order valence-corrected chi connectivity index (χ1v) is 9.61. The molecule has 2 atom stereocenters. The van der Waals surface area contributed by atoms with Crippen LogP contribution < -0.4 is 5.73 Å². The van der Waals surface area contributed by atoms with E-state index in [1.807, 2.05) is 0 Å². The molecule has 0 saturated carbocycles. The fourth-order valence-corrected chi connectivity index (χ4v) is 4.01. The molecule has 0 bridgehead atoms. The molecule has 2 unspecified atom stereocenters. The molecule has 0 spiro atoms. The van der Waals surface area contributed by atoms with E-state index in [1.165, 1.54) is 17.5 Å². The Bertz CT molecular complexity index is 778. The summed E-state index contributed by atoms with van der Waals surface area (Å²) in [5.74, 6) is -2.40. The van der Waals surface area contributed by atoms with Crippen LogP contribution in [0.15, 0.2) is 36.4 Å². The van der Waals surface area contributed by atoms with Gasteiger partial charge in [-0.3, -0.25) is 0 Å². The number of halogens is 3. The van der Waals surface area contributed by atoms with E-state index in [2.05, 4.69) is 36.1 Å². The molecule has 1 heterocycles. The highest BCUT2D eigenvalue weighted by atomic mass is 19.2. The molecular formula is C22H27F3N2. The standard InChI is InChI=1S/C22H27F3N2/c1-15-5-2-3-7-19(15)16-6-4-9-27(14-16)10-8-18(26)11-17-12-21(24)22(25)13-20(17)23/h2-3,5,7,12-13,16,18H,4,6,8-11,14,26H2,1H3. The van der Waals surface area contributed by atoms with Crippen molar-refractivity contribution in [3.8, 4) is 0 Å². The number of hydrogen-bond acceptors (Lipinski definition) is 2. The van der Waals surface area contributed by atoms with Crippen LogP contribution in [0.5, 0.6) is 0 Å². The van der Waals surface area contributed by atoms with Gasteiger partial charge < -0.3 is 10.6 Å². The lowest BCUT2D eigenvalue weighted by Gasteiger charge is -2.34. The number of piperidine rings is 1. The molecule has 0 amide bonds. The summed E-state index contributed by atoms with van der Waals surface area (Å²) < 4.78 is 40.2. The summed E-state index contributed by atoms with van der Waals surface area (Å²) in [5.41, 5.74) is 9.02. The van der Waals surface area contributed by atoms with Gasteiger partial charge in [0.05, 0.1) is 0 Å². The van der Waals surface area contributed by atoms with Gasteiger partial charge in [0.25, 0.3) is 0 Å². The Kier molecular flexibility index (Phi) is 6.55. The van der Waals surface area contributed by atoms with Crippen LogP contribution in [0.25, 0.3) is 0 Å². The second-order valence-electron chi connectivity index (χ2n) is 7.61. The summed E-state index contributed by atoms with van der Waals surface area (Å²) >= 11 is 0. The molecule has 2 N–H and O–H groups in total. The highest BCUT2D eigenvalue weighted by Gasteiger charge is 2.23. The van der Waals surface area contributed by atoms with Crippen molar-refractivity contribution >= 4 is 0 Å². The Hall–Kier alpha value is -1.85. The van der Waals surface area contributed by atoms with Crippen LogP contribution in [-0.4, -0.2) is 30.6 Å². The van der Waals surface area contributed by atoms with Crippen LogP contribution >= 0.6 is 0 Å². The number of nitrogens with two attached hydrogens (primary N) is 1. The van der Waals surface area contributed by atoms with E-state index in [-0.39, 0.29) is 18.0 Å². The summed E-state index contributed by atoms with van der Waals surface area (Å²) in [4.78, 5) is 2.40. The van der Waals surface area contributed by atoms with E-state index in [0.717, 1.165) is 32.1 Å². The van der Waals surface area contributed by atoms with Crippen molar-refractivity contribution in [2.75, 3.05) is 19.6 Å². The van der Waals surface area contributed by atoms with Crippen molar-refractivity contribution < 1.29 is 13.2 Å². The molecule has 0 aliphatic carbocycles. The zero-order chi connectivity index (χ0) is 19.4. The predicted molar refractivity (Wildman–Crippen MR) is 102 cm³/mol. The topological polar surface area (TPSA) is 29.3 Å². The lowest BCUT2D eigenvalue weighted by atomic mass is 9.88. The molecule has 2 nitrogen and oxygen atoms in total. The summed E-state index contributed by atoms with van der Waals surface area (Å²) in [6.45, 7) is 5.02. The predicted octanol–water partition coefficient (Wildman–Crippen LogP) is 4.55. The molecule has 2 aromatic carbocycles. The van der Waals surface area contributed by atoms with Crippen LogP contribution in [-0.2, 0) is 6.42 Å². The fraction of sp³-hybridized carbons (Fsp3) is 0.455. The smallest absolute Gasteiger partial charge is 0.161 e. The van der Waals surface area contributed by atoms with Gasteiger partial charge in [0.2, 0.25) is 0 Å². The summed E-state index contributed by atoms with van der Waals surface area (Å²) in [6, 6.07) is 9.74. The van der Waals surface area contributed by atoms with Gasteiger partial charge in [0, 0.05) is 18.7 Å². The third kappa shape index (κ3) is 5.11. The van der Waals surface area contributed by atoms with Crippen LogP contribution in [0.2, 0.25) is 0 Å². The lowest BCUT2D eigenvalue weighted by Crippen LogP contribution is -2.38. The largest absolute Gasteiger partial charge is 0.327 e. The Morgan fingerprint density at radius 2 is 1.85 bits per heavy atom. The van der Waals surface area contributed by atoms with Gasteiger partial charge in [-0.15, -0.1) is 0 Å². The van der Waals surface area contributed by atoms with E-state index in [1.54, 1.807) is 0 Å². The molecule has 0 aromatic heterocycles. The van der Waals surface area contributed by atoms with E-state index in [0.29, 0.717) is 18.4 Å². The van der Waals surface area contributed by atoms with E-state index < -0.39 is 17.5 Å². The maximum absolute atomic E-state index is 13.8. The number of benzene rings is 2. The maximum Gasteiger partial charge on any atom is 0.161 e. The maximum atomic E-state index is 13.8. The van der Waals surface area contributed by atoms with Crippen molar-refractivity contribution in [1.29, 1.82) is 0 Å². The molecule has 5 heteroatoms. The molecule has 1 saturated heterocycles. The summed E-state index contributed by atoms with van der Waals surface area (Å²) in [7, 11) is 0. The van der Waals surface area contributed by atoms with Gasteiger partial charge in [0.15, 0.2) is 11.6 Å². The minimum Gasteiger partial charge on any atom is -0.327 e. The first-order valence-electron chi connectivity index (χ1n) is 9.61. The molecule has 3 rings (SSSR count). The SMILES string of the molecule is Cc1ccccc1C1CCCN(CCC(N)Cc2cc(F)c(F)cc2F)C1. The van der Waals surface area contributed by atoms with Crippen LogP contribution in [0, 0.1) is 24.4 Å². The first kappa shape index (κ1) is 19.9. The number of rotatable bonds is 6. The molecule has 1 aliphatic rings. The lowest BCUT2D eigenvalue weighted by molar-refractivity contribution is 0.201. The van der Waals surface area contributed by atoms with Crippen molar-refractivity contribution in [1.82, 2.24) is 4.90 Å². The number of likely N-dealkylation sites (tertiary alicyclic amines) is 1. The summed E-state index contributed by atoms with van der Waals surface area (Å²) in [5, 5.41) is 0. The third-order valence-electron chi connectivity index (χ3n) is 5.52. The van der Waals surface area contributed by atoms with Gasteiger partial charge in [0.1, 0.15) is 5.82 Å². The highest BCUT2D eigenvalue weighted by Crippen LogP contribution is 2.29. The number of aryl methyl sites for hydroxylation is 1. The van der Waals surface area contributed by atoms with Crippen LogP contribution in [0.4, 0.5) is 13.2 Å². The molecule has 0 radical (unpaired) electrons. The molecule has 1 fully saturated rings. The number of hydrogen-bond donors (Lipinski definition) is 1. The number of nitrogens with zero attached hydrogens (tertiary/aromatic N) is 1. The zero-order valence-corrected chi connectivity index (χ0v) is 15.7. The minimum atomic E-state index is -1.17. The van der Waals surface area contributed by atoms with Crippen LogP contribution in [0.1, 0.15) is 41.9 Å². The normalized spacial score (nSPS) is 19.2. The zero-order valence-electron chi connectivity index (χ0n) is 15.7. The van der Waals surface area contributed by atoms with Gasteiger partial charge >= 0.3 is 0 Å². The van der Waals surface area contributed by atoms with Gasteiger partial charge in [-0.25, -0.2) is 13.2 Å². The minimum absolute atomic E-state index is 0.137. The molecule has 27 heavy (non-hydrogen) atoms. The van der Waals surface area contributed by atoms with Crippen LogP contribution in [0.3, 0.4) is 0 Å². The van der Waals surface area contributed by atoms with Gasteiger partial charge in [-0.1, -0.05) is 24.3 Å². The third-order valence-corrected chi connectivity index (χ3v) is 5.52. The average molecular weight is 376 g/mol. The second-order valence-corrected chi connectivity index (χ2v) is 7.61. The van der Waals surface area contributed by atoms with E-state index >= 15 is 0 Å². The van der Waals surface area contributed by atoms with Gasteiger partial charge in [-0.05, 0) is 74.4 Å². The summed E-state index contributed by atoms with van der Waals surface area (Å²) in [6.07, 6.45) is 3.23. The monoisotopic (exact) mass is 376 g/mol. The second kappa shape index (κ2) is 8.89. The quantitative estimate of drug-likeness (QED) is 0.750. The highest BCUT2D eigenvalue weighted by molar-refractivity contribution is 5.29. The molecule has 2 aromatic rings. The van der Waals surface area contributed by atoms with Crippen molar-refractivity contribution in [2.45, 2.75) is 44.6 Å². The van der Waals surface area contributed by atoms with Crippen molar-refractivity contribution in [3.05, 3.63) is 70.5 Å². The molecule has 146 valence electrons. The van der Waals surface area contributed by atoms with Crippen molar-refractivity contribution in [3.63, 3.8) is 0 Å². The van der Waals surface area contributed by atoms with Crippen molar-refractivity contribution in [2.24, 2.45) is 5.73 Å². The van der Waals surface area contributed by atoms with Gasteiger partial charge in [-0.2, -0.15) is 0 Å². The van der Waals surface area contributed by atoms with E-state index in [9.17, 15) is 13.2 Å². The Morgan fingerprint density at radius 1 is 1.11 bits per heavy atom. The fourth-order valence-electron chi connectivity index (χ4n) is 4.01. The Balaban J connectivity index is 1.53. The van der Waals surface area contributed by atoms with E-state index in [4.69, 9.17) is 5.73 Å². The Morgan fingerprint density at radius 3 is 2.63 bits per heavy atom. The molecular weight excluding hydrogens is 349 g/mol. The molecule has 1 aliphatic heterocycles. The Labute approximate surface area is 159 Å².